The van der Waals surface area contributed by atoms with Gasteiger partial charge in [0.1, 0.15) is 5.75 Å². The van der Waals surface area contributed by atoms with Gasteiger partial charge in [0.2, 0.25) is 5.88 Å². The zero-order valence-electron chi connectivity index (χ0n) is 10.7. The van der Waals surface area contributed by atoms with E-state index in [0.717, 1.165) is 24.5 Å². The molecule has 94 valence electrons. The van der Waals surface area contributed by atoms with Crippen molar-refractivity contribution >= 4 is 0 Å². The van der Waals surface area contributed by atoms with Crippen molar-refractivity contribution in [2.75, 3.05) is 6.54 Å². The summed E-state index contributed by atoms with van der Waals surface area (Å²) >= 11 is 0. The molecule has 2 aromatic rings. The summed E-state index contributed by atoms with van der Waals surface area (Å²) < 4.78 is 5.60. The van der Waals surface area contributed by atoms with Gasteiger partial charge in [0.25, 0.3) is 0 Å². The smallest absolute Gasteiger partial charge is 0.237 e. The molecule has 4 heteroatoms. The highest BCUT2D eigenvalue weighted by Gasteiger charge is 2.00. The van der Waals surface area contributed by atoms with Gasteiger partial charge >= 0.3 is 0 Å². The fourth-order valence-corrected chi connectivity index (χ4v) is 1.47. The molecule has 1 aromatic carbocycles. The van der Waals surface area contributed by atoms with E-state index < -0.39 is 0 Å². The Kier molecular flexibility index (Phi) is 4.25. The van der Waals surface area contributed by atoms with Crippen molar-refractivity contribution < 1.29 is 4.74 Å². The quantitative estimate of drug-likeness (QED) is 0.877. The molecule has 0 radical (unpaired) electrons. The first kappa shape index (κ1) is 12.5. The molecule has 1 heterocycles. The van der Waals surface area contributed by atoms with E-state index in [-0.39, 0.29) is 0 Å². The zero-order valence-corrected chi connectivity index (χ0v) is 10.7. The molecule has 0 saturated heterocycles. The van der Waals surface area contributed by atoms with Crippen molar-refractivity contribution in [2.24, 2.45) is 0 Å². The van der Waals surface area contributed by atoms with Crippen LogP contribution in [0.25, 0.3) is 0 Å². The number of rotatable bonds is 5. The molecular formula is C14H17N3O. The van der Waals surface area contributed by atoms with Crippen LogP contribution in [0.3, 0.4) is 0 Å². The second-order valence-corrected chi connectivity index (χ2v) is 4.04. The predicted octanol–water partition coefficient (Wildman–Crippen LogP) is 2.69. The Morgan fingerprint density at radius 1 is 1.11 bits per heavy atom. The molecule has 1 aromatic heterocycles. The first-order valence-corrected chi connectivity index (χ1v) is 6.04. The van der Waals surface area contributed by atoms with Gasteiger partial charge in [-0.15, -0.1) is 0 Å². The molecule has 4 nitrogen and oxygen atoms in total. The van der Waals surface area contributed by atoms with Crippen molar-refractivity contribution in [3.63, 3.8) is 0 Å². The van der Waals surface area contributed by atoms with Crippen LogP contribution in [-0.2, 0) is 6.54 Å². The van der Waals surface area contributed by atoms with Crippen LogP contribution in [0.4, 0.5) is 0 Å². The lowest BCUT2D eigenvalue weighted by atomic mass is 10.2. The molecule has 18 heavy (non-hydrogen) atoms. The van der Waals surface area contributed by atoms with Gasteiger partial charge in [0.05, 0.1) is 18.1 Å². The molecular weight excluding hydrogens is 226 g/mol. The summed E-state index contributed by atoms with van der Waals surface area (Å²) in [6, 6.07) is 7.84. The summed E-state index contributed by atoms with van der Waals surface area (Å²) in [7, 11) is 0. The van der Waals surface area contributed by atoms with E-state index in [1.54, 1.807) is 12.4 Å². The van der Waals surface area contributed by atoms with Gasteiger partial charge in [0.15, 0.2) is 0 Å². The maximum absolute atomic E-state index is 5.60. The van der Waals surface area contributed by atoms with E-state index in [1.165, 1.54) is 5.56 Å². The number of nitrogens with one attached hydrogen (secondary N) is 1. The molecule has 0 unspecified atom stereocenters. The Balaban J connectivity index is 1.99. The van der Waals surface area contributed by atoms with Crippen molar-refractivity contribution in [3.05, 3.63) is 47.9 Å². The fraction of sp³-hybridized carbons (Fsp3) is 0.286. The lowest BCUT2D eigenvalue weighted by molar-refractivity contribution is 0.458. The third-order valence-electron chi connectivity index (χ3n) is 2.48. The van der Waals surface area contributed by atoms with Gasteiger partial charge in [-0.25, -0.2) is 4.98 Å². The molecule has 0 atom stereocenters. The normalized spacial score (nSPS) is 10.3. The molecule has 0 bridgehead atoms. The van der Waals surface area contributed by atoms with Crippen LogP contribution in [-0.4, -0.2) is 16.5 Å². The van der Waals surface area contributed by atoms with E-state index in [1.807, 2.05) is 31.2 Å². The molecule has 0 fully saturated rings. The minimum atomic E-state index is 0.513. The highest BCUT2D eigenvalue weighted by Crippen LogP contribution is 2.18. The molecule has 0 saturated carbocycles. The largest absolute Gasteiger partial charge is 0.438 e. The standard InChI is InChI=1S/C14H17N3O/c1-3-15-8-12-9-17-14(10-16-12)18-13-6-4-11(2)5-7-13/h4-7,9-10,15H,3,8H2,1-2H3. The summed E-state index contributed by atoms with van der Waals surface area (Å²) in [6.07, 6.45) is 3.37. The lowest BCUT2D eigenvalue weighted by Gasteiger charge is -2.05. The Labute approximate surface area is 107 Å². The van der Waals surface area contributed by atoms with Crippen molar-refractivity contribution in [1.29, 1.82) is 0 Å². The first-order chi connectivity index (χ1) is 8.78. The van der Waals surface area contributed by atoms with Gasteiger partial charge in [-0.1, -0.05) is 24.6 Å². The monoisotopic (exact) mass is 243 g/mol. The van der Waals surface area contributed by atoms with Crippen LogP contribution in [0.5, 0.6) is 11.6 Å². The van der Waals surface area contributed by atoms with E-state index in [4.69, 9.17) is 4.74 Å². The number of benzene rings is 1. The number of nitrogens with zero attached hydrogens (tertiary/aromatic N) is 2. The summed E-state index contributed by atoms with van der Waals surface area (Å²) in [5.74, 6) is 1.29. The number of aryl methyl sites for hydroxylation is 1. The van der Waals surface area contributed by atoms with Crippen molar-refractivity contribution in [2.45, 2.75) is 20.4 Å². The third kappa shape index (κ3) is 3.53. The molecule has 0 aliphatic rings. The van der Waals surface area contributed by atoms with Gasteiger partial charge in [-0.3, -0.25) is 4.98 Å². The summed E-state index contributed by atoms with van der Waals surface area (Å²) in [5.41, 5.74) is 2.11. The van der Waals surface area contributed by atoms with Crippen LogP contribution in [0.1, 0.15) is 18.2 Å². The molecule has 0 aliphatic carbocycles. The summed E-state index contributed by atoms with van der Waals surface area (Å²) in [5, 5.41) is 3.20. The first-order valence-electron chi connectivity index (χ1n) is 6.04. The van der Waals surface area contributed by atoms with Crippen LogP contribution < -0.4 is 10.1 Å². The average Bonchev–Trinajstić information content (AvgIpc) is 2.41. The van der Waals surface area contributed by atoms with Gasteiger partial charge in [0, 0.05) is 6.54 Å². The fourth-order valence-electron chi connectivity index (χ4n) is 1.47. The van der Waals surface area contributed by atoms with E-state index in [2.05, 4.69) is 22.2 Å². The Hall–Kier alpha value is -1.94. The number of hydrogen-bond donors (Lipinski definition) is 1. The average molecular weight is 243 g/mol. The van der Waals surface area contributed by atoms with E-state index in [0.29, 0.717) is 5.88 Å². The maximum atomic E-state index is 5.60. The third-order valence-corrected chi connectivity index (χ3v) is 2.48. The van der Waals surface area contributed by atoms with Crippen LogP contribution in [0.2, 0.25) is 0 Å². The van der Waals surface area contributed by atoms with Gasteiger partial charge in [-0.2, -0.15) is 0 Å². The SMILES string of the molecule is CCNCc1cnc(Oc2ccc(C)cc2)cn1. The summed E-state index contributed by atoms with van der Waals surface area (Å²) in [4.78, 5) is 8.50. The van der Waals surface area contributed by atoms with Crippen molar-refractivity contribution in [1.82, 2.24) is 15.3 Å². The molecule has 0 aliphatic heterocycles. The number of aromatic nitrogens is 2. The molecule has 2 rings (SSSR count). The second kappa shape index (κ2) is 6.12. The van der Waals surface area contributed by atoms with Gasteiger partial charge < -0.3 is 10.1 Å². The van der Waals surface area contributed by atoms with Gasteiger partial charge in [-0.05, 0) is 25.6 Å². The molecule has 0 amide bonds. The predicted molar refractivity (Wildman–Crippen MR) is 70.7 cm³/mol. The highest BCUT2D eigenvalue weighted by molar-refractivity contribution is 5.29. The minimum Gasteiger partial charge on any atom is -0.438 e. The Morgan fingerprint density at radius 3 is 2.50 bits per heavy atom. The highest BCUT2D eigenvalue weighted by atomic mass is 16.5. The Bertz CT molecular complexity index is 479. The lowest BCUT2D eigenvalue weighted by Crippen LogP contribution is -2.13. The number of hydrogen-bond acceptors (Lipinski definition) is 4. The zero-order chi connectivity index (χ0) is 12.8. The minimum absolute atomic E-state index is 0.513. The van der Waals surface area contributed by atoms with E-state index >= 15 is 0 Å². The Morgan fingerprint density at radius 2 is 1.89 bits per heavy atom. The molecule has 0 spiro atoms. The van der Waals surface area contributed by atoms with Crippen LogP contribution in [0.15, 0.2) is 36.7 Å². The van der Waals surface area contributed by atoms with Crippen LogP contribution >= 0.6 is 0 Å². The van der Waals surface area contributed by atoms with Crippen LogP contribution in [0, 0.1) is 6.92 Å². The van der Waals surface area contributed by atoms with Crippen molar-refractivity contribution in [3.8, 4) is 11.6 Å². The number of ether oxygens (including phenoxy) is 1. The maximum Gasteiger partial charge on any atom is 0.237 e. The summed E-state index contributed by atoms with van der Waals surface area (Å²) in [6.45, 7) is 5.75. The molecule has 1 N–H and O–H groups in total. The van der Waals surface area contributed by atoms with E-state index in [9.17, 15) is 0 Å². The second-order valence-electron chi connectivity index (χ2n) is 4.04. The topological polar surface area (TPSA) is 47.0 Å².